The molecule has 0 bridgehead atoms. The lowest BCUT2D eigenvalue weighted by molar-refractivity contribution is -0.120. The number of nitrogens with zero attached hydrogens (tertiary/aromatic N) is 1. The third kappa shape index (κ3) is 4.94. The zero-order chi connectivity index (χ0) is 15.9. The number of anilines is 1. The molecule has 0 aliphatic heterocycles. The molecule has 0 atom stereocenters. The van der Waals surface area contributed by atoms with Crippen molar-refractivity contribution in [1.82, 2.24) is 10.2 Å². The van der Waals surface area contributed by atoms with Crippen molar-refractivity contribution in [3.63, 3.8) is 0 Å². The van der Waals surface area contributed by atoms with E-state index in [1.54, 1.807) is 29.4 Å². The average molecular weight is 321 g/mol. The number of imide groups is 1. The first kappa shape index (κ1) is 16.1. The van der Waals surface area contributed by atoms with Gasteiger partial charge in [-0.15, -0.1) is 0 Å². The van der Waals surface area contributed by atoms with Crippen LogP contribution in [0.25, 0.3) is 0 Å². The second kappa shape index (κ2) is 7.67. The van der Waals surface area contributed by atoms with Crippen LogP contribution in [-0.2, 0) is 11.3 Å². The highest BCUT2D eigenvalue weighted by molar-refractivity contribution is 7.07. The summed E-state index contributed by atoms with van der Waals surface area (Å²) >= 11 is 1.59. The first-order valence-electron chi connectivity index (χ1n) is 6.59. The van der Waals surface area contributed by atoms with Crippen LogP contribution >= 0.6 is 11.3 Å². The largest absolute Gasteiger partial charge is 0.326 e. The van der Waals surface area contributed by atoms with Crippen molar-refractivity contribution in [3.05, 3.63) is 52.5 Å². The smallest absolute Gasteiger partial charge is 0.305 e. The molecule has 0 fully saturated rings. The Hall–Kier alpha value is -2.25. The number of para-hydroxylation sites is 1. The molecular weight excluding hydrogens is 305 g/mol. The number of amides is 3. The van der Waals surface area contributed by atoms with Gasteiger partial charge >= 0.3 is 6.03 Å². The summed E-state index contributed by atoms with van der Waals surface area (Å²) in [6.45, 7) is 0.687. The number of hydrogen-bond donors (Lipinski definition) is 2. The number of carbonyl (C=O) groups is 2. The van der Waals surface area contributed by atoms with Crippen LogP contribution in [0.2, 0.25) is 0 Å². The predicted molar refractivity (Wildman–Crippen MR) is 84.2 cm³/mol. The van der Waals surface area contributed by atoms with Gasteiger partial charge in [0, 0.05) is 6.54 Å². The molecule has 2 rings (SSSR count). The van der Waals surface area contributed by atoms with Crippen LogP contribution in [0.4, 0.5) is 14.9 Å². The van der Waals surface area contributed by atoms with Gasteiger partial charge in [-0.2, -0.15) is 11.3 Å². The van der Waals surface area contributed by atoms with Gasteiger partial charge in [0.15, 0.2) is 0 Å². The standard InChI is InChI=1S/C15H16FN3O2S/c1-19(8-11-6-7-22-10-11)9-14(20)18-15(21)17-13-5-3-2-4-12(13)16/h2-7,10H,8-9H2,1H3,(H2,17,18,20,21). The van der Waals surface area contributed by atoms with Crippen LogP contribution in [-0.4, -0.2) is 30.4 Å². The number of halogens is 1. The number of likely N-dealkylation sites (N-methyl/N-ethyl adjacent to an activating group) is 1. The molecule has 5 nitrogen and oxygen atoms in total. The third-order valence-electron chi connectivity index (χ3n) is 2.82. The molecule has 0 spiro atoms. The van der Waals surface area contributed by atoms with Crippen molar-refractivity contribution in [2.45, 2.75) is 6.54 Å². The normalized spacial score (nSPS) is 10.5. The molecular formula is C15H16FN3O2S. The van der Waals surface area contributed by atoms with E-state index >= 15 is 0 Å². The second-order valence-corrected chi connectivity index (χ2v) is 5.57. The molecule has 0 aliphatic rings. The van der Waals surface area contributed by atoms with Crippen molar-refractivity contribution in [2.75, 3.05) is 18.9 Å². The summed E-state index contributed by atoms with van der Waals surface area (Å²) in [5.74, 6) is -1.01. The molecule has 0 radical (unpaired) electrons. The third-order valence-corrected chi connectivity index (χ3v) is 3.55. The van der Waals surface area contributed by atoms with E-state index in [2.05, 4.69) is 10.6 Å². The van der Waals surface area contributed by atoms with E-state index in [-0.39, 0.29) is 12.2 Å². The van der Waals surface area contributed by atoms with Crippen molar-refractivity contribution in [1.29, 1.82) is 0 Å². The monoisotopic (exact) mass is 321 g/mol. The second-order valence-electron chi connectivity index (χ2n) is 4.79. The van der Waals surface area contributed by atoms with Gasteiger partial charge < -0.3 is 5.32 Å². The van der Waals surface area contributed by atoms with Crippen LogP contribution in [0.3, 0.4) is 0 Å². The molecule has 0 aliphatic carbocycles. The van der Waals surface area contributed by atoms with Crippen molar-refractivity contribution >= 4 is 29.0 Å². The molecule has 1 aromatic carbocycles. The molecule has 7 heteroatoms. The van der Waals surface area contributed by atoms with Crippen LogP contribution < -0.4 is 10.6 Å². The molecule has 3 amide bonds. The number of rotatable bonds is 5. The number of thiophene rings is 1. The highest BCUT2D eigenvalue weighted by Gasteiger charge is 2.12. The summed E-state index contributed by atoms with van der Waals surface area (Å²) in [4.78, 5) is 25.2. The van der Waals surface area contributed by atoms with E-state index in [0.717, 1.165) is 5.56 Å². The molecule has 1 heterocycles. The fourth-order valence-electron chi connectivity index (χ4n) is 1.88. The van der Waals surface area contributed by atoms with Gasteiger partial charge in [0.05, 0.1) is 12.2 Å². The molecule has 2 aromatic rings. The summed E-state index contributed by atoms with van der Waals surface area (Å²) in [5, 5.41) is 8.43. The zero-order valence-corrected chi connectivity index (χ0v) is 12.8. The Morgan fingerprint density at radius 1 is 1.27 bits per heavy atom. The fourth-order valence-corrected chi connectivity index (χ4v) is 2.54. The first-order valence-corrected chi connectivity index (χ1v) is 7.54. The van der Waals surface area contributed by atoms with Crippen molar-refractivity contribution < 1.29 is 14.0 Å². The number of urea groups is 1. The van der Waals surface area contributed by atoms with Crippen LogP contribution in [0.15, 0.2) is 41.1 Å². The number of nitrogens with one attached hydrogen (secondary N) is 2. The van der Waals surface area contributed by atoms with Crippen molar-refractivity contribution in [2.24, 2.45) is 0 Å². The maximum atomic E-state index is 13.4. The Balaban J connectivity index is 1.79. The van der Waals surface area contributed by atoms with Gasteiger partial charge in [0.1, 0.15) is 5.82 Å². The van der Waals surface area contributed by atoms with Gasteiger partial charge in [-0.1, -0.05) is 12.1 Å². The highest BCUT2D eigenvalue weighted by Crippen LogP contribution is 2.12. The van der Waals surface area contributed by atoms with E-state index < -0.39 is 17.8 Å². The van der Waals surface area contributed by atoms with E-state index in [9.17, 15) is 14.0 Å². The number of hydrogen-bond acceptors (Lipinski definition) is 4. The predicted octanol–water partition coefficient (Wildman–Crippen LogP) is 2.67. The van der Waals surface area contributed by atoms with E-state index in [0.29, 0.717) is 6.54 Å². The highest BCUT2D eigenvalue weighted by atomic mass is 32.1. The Labute approximate surface area is 131 Å². The molecule has 0 unspecified atom stereocenters. The Morgan fingerprint density at radius 2 is 2.05 bits per heavy atom. The van der Waals surface area contributed by atoms with Crippen LogP contribution in [0.5, 0.6) is 0 Å². The molecule has 116 valence electrons. The van der Waals surface area contributed by atoms with Crippen molar-refractivity contribution in [3.8, 4) is 0 Å². The van der Waals surface area contributed by atoms with Crippen LogP contribution in [0, 0.1) is 5.82 Å². The fraction of sp³-hybridized carbons (Fsp3) is 0.200. The van der Waals surface area contributed by atoms with Gasteiger partial charge in [-0.25, -0.2) is 9.18 Å². The van der Waals surface area contributed by atoms with Gasteiger partial charge in [-0.3, -0.25) is 15.0 Å². The van der Waals surface area contributed by atoms with Crippen LogP contribution in [0.1, 0.15) is 5.56 Å². The minimum atomic E-state index is -0.751. The summed E-state index contributed by atoms with van der Waals surface area (Å²) in [6, 6.07) is 6.98. The molecule has 2 N–H and O–H groups in total. The molecule has 22 heavy (non-hydrogen) atoms. The Bertz CT molecular complexity index is 646. The van der Waals surface area contributed by atoms with E-state index in [1.807, 2.05) is 16.8 Å². The molecule has 0 saturated carbocycles. The van der Waals surface area contributed by atoms with E-state index in [4.69, 9.17) is 0 Å². The Morgan fingerprint density at radius 3 is 2.73 bits per heavy atom. The maximum Gasteiger partial charge on any atom is 0.326 e. The van der Waals surface area contributed by atoms with Gasteiger partial charge in [0.2, 0.25) is 5.91 Å². The SMILES string of the molecule is CN(CC(=O)NC(=O)Nc1ccccc1F)Cc1ccsc1. The number of carbonyl (C=O) groups excluding carboxylic acids is 2. The lowest BCUT2D eigenvalue weighted by atomic mass is 10.3. The minimum absolute atomic E-state index is 0.0272. The topological polar surface area (TPSA) is 61.4 Å². The van der Waals surface area contributed by atoms with Gasteiger partial charge in [-0.05, 0) is 41.6 Å². The lowest BCUT2D eigenvalue weighted by Crippen LogP contribution is -2.40. The lowest BCUT2D eigenvalue weighted by Gasteiger charge is -2.15. The summed E-state index contributed by atoms with van der Waals surface area (Å²) < 4.78 is 13.4. The molecule has 1 aromatic heterocycles. The molecule has 0 saturated heterocycles. The summed E-state index contributed by atoms with van der Waals surface area (Å²) in [5.41, 5.74) is 1.13. The average Bonchev–Trinajstić information content (AvgIpc) is 2.93. The van der Waals surface area contributed by atoms with Gasteiger partial charge in [0.25, 0.3) is 0 Å². The number of benzene rings is 1. The quantitative estimate of drug-likeness (QED) is 0.890. The zero-order valence-electron chi connectivity index (χ0n) is 12.0. The maximum absolute atomic E-state index is 13.4. The Kier molecular flexibility index (Phi) is 5.62. The summed E-state index contributed by atoms with van der Waals surface area (Å²) in [7, 11) is 1.78. The minimum Gasteiger partial charge on any atom is -0.305 e. The summed E-state index contributed by atoms with van der Waals surface area (Å²) in [6.07, 6.45) is 0. The van der Waals surface area contributed by atoms with E-state index in [1.165, 1.54) is 18.2 Å². The first-order chi connectivity index (χ1) is 10.5.